The Morgan fingerprint density at radius 1 is 1.12 bits per heavy atom. The maximum atomic E-state index is 14.7. The summed E-state index contributed by atoms with van der Waals surface area (Å²) in [6.45, 7) is 8.75. The van der Waals surface area contributed by atoms with Crippen molar-refractivity contribution < 1.29 is 23.8 Å². The van der Waals surface area contributed by atoms with E-state index in [0.717, 1.165) is 43.2 Å². The number of pyridine rings is 1. The minimum atomic E-state index is -0.929. The highest BCUT2D eigenvalue weighted by atomic mass is 19.1. The van der Waals surface area contributed by atoms with Gasteiger partial charge in [-0.3, -0.25) is 14.6 Å². The van der Waals surface area contributed by atoms with Crippen LogP contribution >= 0.6 is 0 Å². The first-order chi connectivity index (χ1) is 20.3. The Labute approximate surface area is 250 Å². The molecular formula is C33H49FN4O4. The molecule has 0 fully saturated rings. The van der Waals surface area contributed by atoms with Crippen molar-refractivity contribution in [2.45, 2.75) is 97.2 Å². The molecule has 8 nitrogen and oxygen atoms in total. The first kappa shape index (κ1) is 33.5. The quantitative estimate of drug-likeness (QED) is 0.378. The van der Waals surface area contributed by atoms with Crippen molar-refractivity contribution in [2.75, 3.05) is 26.2 Å². The molecule has 232 valence electrons. The first-order valence-corrected chi connectivity index (χ1v) is 15.6. The number of aryl methyl sites for hydroxylation is 1. The number of nitrogens with zero attached hydrogens (tertiary/aromatic N) is 2. The zero-order chi connectivity index (χ0) is 30.3. The van der Waals surface area contributed by atoms with Crippen molar-refractivity contribution in [1.82, 2.24) is 20.5 Å². The van der Waals surface area contributed by atoms with Gasteiger partial charge in [-0.25, -0.2) is 4.39 Å². The maximum absolute atomic E-state index is 14.7. The lowest BCUT2D eigenvalue weighted by molar-refractivity contribution is -0.131. The molecule has 0 saturated carbocycles. The van der Waals surface area contributed by atoms with E-state index in [-0.39, 0.29) is 37.1 Å². The molecule has 9 heteroatoms. The Morgan fingerprint density at radius 3 is 2.69 bits per heavy atom. The van der Waals surface area contributed by atoms with Gasteiger partial charge < -0.3 is 25.4 Å². The van der Waals surface area contributed by atoms with Gasteiger partial charge in [-0.15, -0.1) is 0 Å². The van der Waals surface area contributed by atoms with Gasteiger partial charge in [0, 0.05) is 57.5 Å². The van der Waals surface area contributed by atoms with Crippen LogP contribution in [0.4, 0.5) is 4.39 Å². The summed E-state index contributed by atoms with van der Waals surface area (Å²) in [5, 5.41) is 17.4. The van der Waals surface area contributed by atoms with Crippen molar-refractivity contribution in [2.24, 2.45) is 5.92 Å². The van der Waals surface area contributed by atoms with Crippen molar-refractivity contribution in [3.05, 3.63) is 59.2 Å². The molecule has 2 aromatic rings. The van der Waals surface area contributed by atoms with Crippen LogP contribution in [0.3, 0.4) is 0 Å². The van der Waals surface area contributed by atoms with Gasteiger partial charge in [0.25, 0.3) is 0 Å². The molecule has 1 aromatic carbocycles. The van der Waals surface area contributed by atoms with E-state index in [0.29, 0.717) is 50.4 Å². The summed E-state index contributed by atoms with van der Waals surface area (Å²) in [5.74, 6) is 0.0583. The van der Waals surface area contributed by atoms with Gasteiger partial charge in [0.15, 0.2) is 0 Å². The molecule has 3 rings (SSSR count). The Bertz CT molecular complexity index is 1130. The Kier molecular flexibility index (Phi) is 14.2. The second kappa shape index (κ2) is 17.8. The number of rotatable bonds is 10. The van der Waals surface area contributed by atoms with E-state index >= 15 is 0 Å². The van der Waals surface area contributed by atoms with Crippen LogP contribution in [0.25, 0.3) is 0 Å². The highest BCUT2D eigenvalue weighted by Crippen LogP contribution is 2.22. The number of fused-ring (bicyclic) bond motifs is 2. The van der Waals surface area contributed by atoms with E-state index in [4.69, 9.17) is 4.74 Å². The standard InChI is InChI=1S/C33H49FN4O4/c1-4-8-25-11-13-38(12-5-2)33(41)10-7-9-32(40)37-30(17-26-15-28(34)18-29(16-26)42-23-25)31(39)22-36-21-27-14-24(6-3)19-35-20-27/h14-16,18-20,25,30-31,36,39H,4-13,17,21-23H2,1-3H3,(H,37,40). The molecule has 0 aliphatic carbocycles. The summed E-state index contributed by atoms with van der Waals surface area (Å²) >= 11 is 0. The van der Waals surface area contributed by atoms with Crippen molar-refractivity contribution in [3.8, 4) is 5.75 Å². The minimum Gasteiger partial charge on any atom is -0.493 e. The number of hydrogen-bond donors (Lipinski definition) is 3. The predicted octanol–water partition coefficient (Wildman–Crippen LogP) is 4.57. The van der Waals surface area contributed by atoms with Crippen LogP contribution in [0, 0.1) is 11.7 Å². The molecule has 1 aliphatic heterocycles. The molecule has 0 radical (unpaired) electrons. The zero-order valence-electron chi connectivity index (χ0n) is 25.5. The average Bonchev–Trinajstić information content (AvgIpc) is 2.96. The third-order valence-corrected chi connectivity index (χ3v) is 7.77. The zero-order valence-corrected chi connectivity index (χ0v) is 25.5. The number of carbonyl (C=O) groups is 2. The molecule has 3 unspecified atom stereocenters. The van der Waals surface area contributed by atoms with Gasteiger partial charge in [0.1, 0.15) is 11.6 Å². The third kappa shape index (κ3) is 11.3. The number of carbonyl (C=O) groups excluding carboxylic acids is 2. The third-order valence-electron chi connectivity index (χ3n) is 7.77. The Hall–Kier alpha value is -3.04. The molecule has 0 spiro atoms. The molecule has 1 aliphatic rings. The molecule has 42 heavy (non-hydrogen) atoms. The lowest BCUT2D eigenvalue weighted by atomic mass is 9.99. The number of benzene rings is 1. The van der Waals surface area contributed by atoms with Gasteiger partial charge in [0.05, 0.1) is 18.8 Å². The van der Waals surface area contributed by atoms with E-state index in [1.807, 2.05) is 11.1 Å². The maximum Gasteiger partial charge on any atom is 0.222 e. The topological polar surface area (TPSA) is 104 Å². The molecule has 3 N–H and O–H groups in total. The van der Waals surface area contributed by atoms with Crippen LogP contribution in [0.5, 0.6) is 5.75 Å². The van der Waals surface area contributed by atoms with E-state index in [2.05, 4.69) is 42.5 Å². The number of halogens is 1. The minimum absolute atomic E-state index is 0.0567. The molecule has 1 aromatic heterocycles. The van der Waals surface area contributed by atoms with E-state index in [9.17, 15) is 19.1 Å². The second-order valence-electron chi connectivity index (χ2n) is 11.4. The SMILES string of the molecule is CCCC1CCN(CCC)C(=O)CCCC(=O)NC(C(O)CNCc2cncc(CC)c2)Cc2cc(F)cc(c2)OC1. The van der Waals surface area contributed by atoms with Crippen LogP contribution in [-0.2, 0) is 29.0 Å². The second-order valence-corrected chi connectivity index (χ2v) is 11.4. The molecular weight excluding hydrogens is 535 g/mol. The molecule has 2 bridgehead atoms. The fourth-order valence-electron chi connectivity index (χ4n) is 5.44. The molecule has 2 amide bonds. The molecule has 3 atom stereocenters. The number of hydrogen-bond acceptors (Lipinski definition) is 6. The Balaban J connectivity index is 1.77. The fourth-order valence-corrected chi connectivity index (χ4v) is 5.44. The predicted molar refractivity (Wildman–Crippen MR) is 163 cm³/mol. The summed E-state index contributed by atoms with van der Waals surface area (Å²) in [7, 11) is 0. The Morgan fingerprint density at radius 2 is 1.93 bits per heavy atom. The number of aliphatic hydroxyl groups excluding tert-OH is 1. The molecule has 2 heterocycles. The number of ether oxygens (including phenoxy) is 1. The van der Waals surface area contributed by atoms with Crippen LogP contribution in [0.1, 0.15) is 82.4 Å². The van der Waals surface area contributed by atoms with E-state index in [1.54, 1.807) is 12.3 Å². The number of nitrogens with one attached hydrogen (secondary N) is 2. The van der Waals surface area contributed by atoms with Gasteiger partial charge >= 0.3 is 0 Å². The normalized spacial score (nSPS) is 20.0. The first-order valence-electron chi connectivity index (χ1n) is 15.6. The van der Waals surface area contributed by atoms with E-state index < -0.39 is 18.0 Å². The van der Waals surface area contributed by atoms with Gasteiger partial charge in [-0.1, -0.05) is 33.3 Å². The van der Waals surface area contributed by atoms with Crippen molar-refractivity contribution >= 4 is 11.8 Å². The van der Waals surface area contributed by atoms with Crippen molar-refractivity contribution in [1.29, 1.82) is 0 Å². The monoisotopic (exact) mass is 584 g/mol. The highest BCUT2D eigenvalue weighted by Gasteiger charge is 2.24. The lowest BCUT2D eigenvalue weighted by Gasteiger charge is -2.25. The number of amides is 2. The van der Waals surface area contributed by atoms with Gasteiger partial charge in [0.2, 0.25) is 11.8 Å². The summed E-state index contributed by atoms with van der Waals surface area (Å²) in [5.41, 5.74) is 2.78. The van der Waals surface area contributed by atoms with Crippen LogP contribution in [0.15, 0.2) is 36.7 Å². The van der Waals surface area contributed by atoms with Crippen LogP contribution in [0.2, 0.25) is 0 Å². The average molecular weight is 585 g/mol. The summed E-state index contributed by atoms with van der Waals surface area (Å²) < 4.78 is 20.8. The van der Waals surface area contributed by atoms with Gasteiger partial charge in [-0.05, 0) is 73.3 Å². The van der Waals surface area contributed by atoms with E-state index in [1.165, 1.54) is 12.1 Å². The molecule has 0 saturated heterocycles. The smallest absolute Gasteiger partial charge is 0.222 e. The van der Waals surface area contributed by atoms with Crippen LogP contribution < -0.4 is 15.4 Å². The summed E-state index contributed by atoms with van der Waals surface area (Å²) in [6.07, 6.45) is 8.34. The number of aromatic nitrogens is 1. The van der Waals surface area contributed by atoms with Gasteiger partial charge in [-0.2, -0.15) is 0 Å². The van der Waals surface area contributed by atoms with Crippen LogP contribution in [-0.4, -0.2) is 65.2 Å². The summed E-state index contributed by atoms with van der Waals surface area (Å²) in [6, 6.07) is 6.00. The van der Waals surface area contributed by atoms with Crippen molar-refractivity contribution in [3.63, 3.8) is 0 Å². The largest absolute Gasteiger partial charge is 0.493 e. The summed E-state index contributed by atoms with van der Waals surface area (Å²) in [4.78, 5) is 32.1. The highest BCUT2D eigenvalue weighted by molar-refractivity contribution is 5.79. The number of aliphatic hydroxyl groups is 1. The fraction of sp³-hybridized carbons (Fsp3) is 0.606. The lowest BCUT2D eigenvalue weighted by Crippen LogP contribution is -2.48.